The van der Waals surface area contributed by atoms with Crippen molar-refractivity contribution in [3.05, 3.63) is 59.2 Å². The molecule has 0 saturated carbocycles. The van der Waals surface area contributed by atoms with E-state index in [0.29, 0.717) is 0 Å². The predicted octanol–water partition coefficient (Wildman–Crippen LogP) is 4.51. The van der Waals surface area contributed by atoms with E-state index in [1.807, 2.05) is 36.4 Å². The lowest BCUT2D eigenvalue weighted by Crippen LogP contribution is -2.08. The minimum absolute atomic E-state index is 0.0720. The first-order valence-corrected chi connectivity index (χ1v) is 6.70. The molecule has 2 aromatic carbocycles. The van der Waals surface area contributed by atoms with Crippen molar-refractivity contribution in [3.63, 3.8) is 0 Å². The topological polar surface area (TPSA) is 35.2 Å². The highest BCUT2D eigenvalue weighted by Crippen LogP contribution is 2.26. The van der Waals surface area contributed by atoms with Crippen molar-refractivity contribution in [1.29, 1.82) is 0 Å². The summed E-state index contributed by atoms with van der Waals surface area (Å²) in [6.45, 7) is 6.23. The van der Waals surface area contributed by atoms with Gasteiger partial charge in [-0.15, -0.1) is 0 Å². The second kappa shape index (κ2) is 5.89. The zero-order chi connectivity index (χ0) is 13.8. The van der Waals surface area contributed by atoms with Crippen molar-refractivity contribution >= 4 is 0 Å². The molecule has 0 aliphatic carbocycles. The van der Waals surface area contributed by atoms with Crippen LogP contribution in [0.25, 0.3) is 0 Å². The smallest absolute Gasteiger partial charge is 0.127 e. The summed E-state index contributed by atoms with van der Waals surface area (Å²) in [7, 11) is 0. The van der Waals surface area contributed by atoms with Gasteiger partial charge in [0.2, 0.25) is 0 Å². The van der Waals surface area contributed by atoms with E-state index in [2.05, 4.69) is 26.8 Å². The van der Waals surface area contributed by atoms with Crippen LogP contribution in [-0.2, 0) is 0 Å². The Morgan fingerprint density at radius 1 is 1.00 bits per heavy atom. The van der Waals surface area contributed by atoms with Crippen LogP contribution in [0.4, 0.5) is 0 Å². The molecule has 2 nitrogen and oxygen atoms in total. The van der Waals surface area contributed by atoms with Crippen LogP contribution in [0.15, 0.2) is 42.5 Å². The molecule has 2 rings (SSSR count). The van der Waals surface area contributed by atoms with E-state index in [9.17, 15) is 0 Å². The highest BCUT2D eigenvalue weighted by atomic mass is 16.5. The number of rotatable bonds is 4. The van der Waals surface area contributed by atoms with Crippen LogP contribution >= 0.6 is 0 Å². The van der Waals surface area contributed by atoms with Crippen LogP contribution in [0.2, 0.25) is 0 Å². The normalized spacial score (nSPS) is 12.2. The van der Waals surface area contributed by atoms with Gasteiger partial charge in [0.05, 0.1) is 0 Å². The Morgan fingerprint density at radius 3 is 2.32 bits per heavy atom. The van der Waals surface area contributed by atoms with Gasteiger partial charge in [-0.25, -0.2) is 0 Å². The summed E-state index contributed by atoms with van der Waals surface area (Å²) in [4.78, 5) is 0. The second-order valence-electron chi connectivity index (χ2n) is 5.01. The van der Waals surface area contributed by atoms with E-state index in [1.54, 1.807) is 0 Å². The summed E-state index contributed by atoms with van der Waals surface area (Å²) in [5.74, 6) is 1.71. The van der Waals surface area contributed by atoms with Crippen molar-refractivity contribution in [2.75, 3.05) is 0 Å². The molecule has 0 aliphatic heterocycles. The number of nitrogens with two attached hydrogens (primary N) is 1. The third-order valence-corrected chi connectivity index (χ3v) is 3.16. The quantitative estimate of drug-likeness (QED) is 0.872. The fourth-order valence-corrected chi connectivity index (χ4v) is 2.17. The second-order valence-corrected chi connectivity index (χ2v) is 5.01. The maximum atomic E-state index is 6.05. The zero-order valence-electron chi connectivity index (χ0n) is 11.8. The Balaban J connectivity index is 2.23. The molecular weight excluding hydrogens is 234 g/mol. The fourth-order valence-electron chi connectivity index (χ4n) is 2.17. The van der Waals surface area contributed by atoms with E-state index >= 15 is 0 Å². The summed E-state index contributed by atoms with van der Waals surface area (Å²) in [6.07, 6.45) is 0.924. The Kier molecular flexibility index (Phi) is 4.23. The average Bonchev–Trinajstić information content (AvgIpc) is 2.37. The fraction of sp³-hybridized carbons (Fsp3) is 0.294. The molecule has 0 heterocycles. The molecule has 0 amide bonds. The monoisotopic (exact) mass is 255 g/mol. The minimum atomic E-state index is 0.0720. The zero-order valence-corrected chi connectivity index (χ0v) is 11.8. The average molecular weight is 255 g/mol. The van der Waals surface area contributed by atoms with Gasteiger partial charge in [-0.2, -0.15) is 0 Å². The molecule has 19 heavy (non-hydrogen) atoms. The number of benzene rings is 2. The third-order valence-electron chi connectivity index (χ3n) is 3.16. The lowest BCUT2D eigenvalue weighted by molar-refractivity contribution is 0.480. The molecular formula is C17H21NO. The van der Waals surface area contributed by atoms with Gasteiger partial charge < -0.3 is 10.5 Å². The molecule has 2 N–H and O–H groups in total. The summed E-state index contributed by atoms with van der Waals surface area (Å²) < 4.78 is 5.92. The molecule has 0 spiro atoms. The van der Waals surface area contributed by atoms with Crippen molar-refractivity contribution in [1.82, 2.24) is 0 Å². The summed E-state index contributed by atoms with van der Waals surface area (Å²) in [5.41, 5.74) is 9.57. The van der Waals surface area contributed by atoms with E-state index in [4.69, 9.17) is 10.5 Å². The van der Waals surface area contributed by atoms with Gasteiger partial charge >= 0.3 is 0 Å². The molecule has 1 atom stereocenters. The van der Waals surface area contributed by atoms with E-state index in [0.717, 1.165) is 23.5 Å². The van der Waals surface area contributed by atoms with E-state index < -0.39 is 0 Å². The first-order valence-electron chi connectivity index (χ1n) is 6.70. The summed E-state index contributed by atoms with van der Waals surface area (Å²) in [6, 6.07) is 14.3. The van der Waals surface area contributed by atoms with Gasteiger partial charge in [-0.3, -0.25) is 0 Å². The first kappa shape index (κ1) is 13.6. The molecule has 0 radical (unpaired) electrons. The molecule has 1 unspecified atom stereocenters. The summed E-state index contributed by atoms with van der Waals surface area (Å²) >= 11 is 0. The van der Waals surface area contributed by atoms with Crippen molar-refractivity contribution in [2.45, 2.75) is 33.2 Å². The molecule has 0 aromatic heterocycles. The lowest BCUT2D eigenvalue weighted by Gasteiger charge is -2.12. The summed E-state index contributed by atoms with van der Waals surface area (Å²) in [5, 5.41) is 0. The van der Waals surface area contributed by atoms with Crippen LogP contribution in [0.3, 0.4) is 0 Å². The van der Waals surface area contributed by atoms with E-state index in [-0.39, 0.29) is 6.04 Å². The Bertz CT molecular complexity index is 543. The number of ether oxygens (including phenoxy) is 1. The van der Waals surface area contributed by atoms with Crippen LogP contribution < -0.4 is 10.5 Å². The Hall–Kier alpha value is -1.80. The molecule has 0 fully saturated rings. The highest BCUT2D eigenvalue weighted by Gasteiger charge is 2.05. The molecule has 2 aromatic rings. The van der Waals surface area contributed by atoms with Gasteiger partial charge in [-0.1, -0.05) is 25.1 Å². The maximum absolute atomic E-state index is 6.05. The Labute approximate surface area is 115 Å². The van der Waals surface area contributed by atoms with Crippen LogP contribution in [0.5, 0.6) is 11.5 Å². The number of aryl methyl sites for hydroxylation is 2. The van der Waals surface area contributed by atoms with Crippen LogP contribution in [0, 0.1) is 13.8 Å². The highest BCUT2D eigenvalue weighted by molar-refractivity contribution is 5.38. The van der Waals surface area contributed by atoms with Crippen molar-refractivity contribution < 1.29 is 4.74 Å². The van der Waals surface area contributed by atoms with Gasteiger partial charge in [0.15, 0.2) is 0 Å². The molecule has 100 valence electrons. The predicted molar refractivity (Wildman–Crippen MR) is 79.7 cm³/mol. The standard InChI is InChI=1S/C17H21NO/c1-4-17(18)14-6-5-7-15(11-14)19-16-9-12(2)8-13(3)10-16/h5-11,17H,4,18H2,1-3H3. The SMILES string of the molecule is CCC(N)c1cccc(Oc2cc(C)cc(C)c2)c1. The van der Waals surface area contributed by atoms with E-state index in [1.165, 1.54) is 11.1 Å². The molecule has 0 bridgehead atoms. The maximum Gasteiger partial charge on any atom is 0.127 e. The van der Waals surface area contributed by atoms with Gasteiger partial charge in [0, 0.05) is 6.04 Å². The number of hydrogen-bond donors (Lipinski definition) is 1. The van der Waals surface area contributed by atoms with Crippen molar-refractivity contribution in [3.8, 4) is 11.5 Å². The van der Waals surface area contributed by atoms with Gasteiger partial charge in [0.1, 0.15) is 11.5 Å². The van der Waals surface area contributed by atoms with Gasteiger partial charge in [-0.05, 0) is 61.2 Å². The van der Waals surface area contributed by atoms with Crippen LogP contribution in [-0.4, -0.2) is 0 Å². The lowest BCUT2D eigenvalue weighted by atomic mass is 10.1. The van der Waals surface area contributed by atoms with Crippen LogP contribution in [0.1, 0.15) is 36.1 Å². The van der Waals surface area contributed by atoms with Crippen molar-refractivity contribution in [2.24, 2.45) is 5.73 Å². The largest absolute Gasteiger partial charge is 0.457 e. The molecule has 0 saturated heterocycles. The minimum Gasteiger partial charge on any atom is -0.457 e. The molecule has 0 aliphatic rings. The number of hydrogen-bond acceptors (Lipinski definition) is 2. The Morgan fingerprint density at radius 2 is 1.68 bits per heavy atom. The third kappa shape index (κ3) is 3.58. The molecule has 2 heteroatoms. The first-order chi connectivity index (χ1) is 9.08. The van der Waals surface area contributed by atoms with Gasteiger partial charge in [0.25, 0.3) is 0 Å².